The minimum atomic E-state index is -0.220. The van der Waals surface area contributed by atoms with Crippen LogP contribution in [0.5, 0.6) is 0 Å². The third kappa shape index (κ3) is 6.71. The molecule has 1 atom stereocenters. The van der Waals surface area contributed by atoms with Gasteiger partial charge in [-0.15, -0.1) is 24.0 Å². The van der Waals surface area contributed by atoms with Crippen molar-refractivity contribution in [3.8, 4) is 0 Å². The zero-order chi connectivity index (χ0) is 18.9. The van der Waals surface area contributed by atoms with Crippen LogP contribution in [0.1, 0.15) is 24.2 Å². The van der Waals surface area contributed by atoms with Gasteiger partial charge < -0.3 is 15.4 Å². The number of rotatable bonds is 7. The number of benzene rings is 1. The third-order valence-corrected chi connectivity index (χ3v) is 4.51. The number of guanidine groups is 1. The maximum atomic E-state index is 13.4. The normalized spacial score (nSPS) is 16.3. The number of aromatic amines is 1. The molecule has 3 rings (SSSR count). The van der Waals surface area contributed by atoms with Crippen LogP contribution in [-0.2, 0) is 11.3 Å². The van der Waals surface area contributed by atoms with Gasteiger partial charge in [-0.05, 0) is 30.7 Å². The number of hydrogen-bond acceptors (Lipinski definition) is 4. The number of nitrogens with zero attached hydrogens (tertiary/aromatic N) is 3. The van der Waals surface area contributed by atoms with Crippen LogP contribution in [0.3, 0.4) is 0 Å². The highest BCUT2D eigenvalue weighted by Gasteiger charge is 2.23. The minimum absolute atomic E-state index is 0. The molecule has 0 radical (unpaired) electrons. The number of ether oxygens (including phenoxy) is 1. The number of H-pyrrole nitrogens is 1. The van der Waals surface area contributed by atoms with Crippen LogP contribution in [0, 0.1) is 5.82 Å². The first kappa shape index (κ1) is 22.6. The van der Waals surface area contributed by atoms with Crippen molar-refractivity contribution in [3.63, 3.8) is 0 Å². The van der Waals surface area contributed by atoms with Gasteiger partial charge in [-0.1, -0.05) is 12.1 Å². The molecule has 1 aromatic carbocycles. The Labute approximate surface area is 182 Å². The third-order valence-electron chi connectivity index (χ3n) is 4.51. The molecule has 7 nitrogen and oxygen atoms in total. The second-order valence-corrected chi connectivity index (χ2v) is 6.37. The Morgan fingerprint density at radius 2 is 2.00 bits per heavy atom. The van der Waals surface area contributed by atoms with Crippen LogP contribution < -0.4 is 10.6 Å². The van der Waals surface area contributed by atoms with Crippen LogP contribution in [0.25, 0.3) is 0 Å². The van der Waals surface area contributed by atoms with Crippen molar-refractivity contribution in [2.45, 2.75) is 19.5 Å². The Hall–Kier alpha value is -1.72. The molecule has 0 saturated carbocycles. The van der Waals surface area contributed by atoms with Crippen LogP contribution in [-0.4, -0.2) is 60.4 Å². The highest BCUT2D eigenvalue weighted by Crippen LogP contribution is 2.21. The molecule has 2 heterocycles. The van der Waals surface area contributed by atoms with Crippen molar-refractivity contribution in [2.24, 2.45) is 4.99 Å². The van der Waals surface area contributed by atoms with E-state index >= 15 is 0 Å². The molecule has 1 aliphatic rings. The monoisotopic (exact) mass is 502 g/mol. The predicted octanol–water partition coefficient (Wildman–Crippen LogP) is 2.30. The Morgan fingerprint density at radius 3 is 2.64 bits per heavy atom. The molecule has 2 aromatic rings. The molecule has 3 N–H and O–H groups in total. The molecule has 1 unspecified atom stereocenters. The van der Waals surface area contributed by atoms with E-state index in [9.17, 15) is 4.39 Å². The SMILES string of the molecule is CCNC(=NCc1ccn[nH]1)NCC(c1ccc(F)cc1)N1CCOCC1.I. The smallest absolute Gasteiger partial charge is 0.191 e. The molecule has 9 heteroatoms. The van der Waals surface area contributed by atoms with Crippen molar-refractivity contribution < 1.29 is 9.13 Å². The standard InChI is InChI=1S/C19H27FN6O.HI/c1-2-21-19(22-13-17-7-8-24-25-17)23-14-18(26-9-11-27-12-10-26)15-3-5-16(20)6-4-15;/h3-8,18H,2,9-14H2,1H3,(H,24,25)(H2,21,22,23);1H. The molecule has 28 heavy (non-hydrogen) atoms. The number of hydrogen-bond donors (Lipinski definition) is 3. The Bertz CT molecular complexity index is 704. The largest absolute Gasteiger partial charge is 0.379 e. The first-order valence-corrected chi connectivity index (χ1v) is 9.34. The van der Waals surface area contributed by atoms with Crippen molar-refractivity contribution in [1.82, 2.24) is 25.7 Å². The summed E-state index contributed by atoms with van der Waals surface area (Å²) in [6.07, 6.45) is 1.72. The quantitative estimate of drug-likeness (QED) is 0.308. The fraction of sp³-hybridized carbons (Fsp3) is 0.474. The van der Waals surface area contributed by atoms with Gasteiger partial charge in [0, 0.05) is 32.4 Å². The molecule has 0 amide bonds. The van der Waals surface area contributed by atoms with Gasteiger partial charge in [-0.25, -0.2) is 9.38 Å². The molecule has 0 spiro atoms. The van der Waals surface area contributed by atoms with E-state index in [2.05, 4.69) is 30.7 Å². The van der Waals surface area contributed by atoms with Gasteiger partial charge >= 0.3 is 0 Å². The Balaban J connectivity index is 0.00000280. The number of halogens is 2. The highest BCUT2D eigenvalue weighted by atomic mass is 127. The highest BCUT2D eigenvalue weighted by molar-refractivity contribution is 14.0. The van der Waals surface area contributed by atoms with E-state index in [1.54, 1.807) is 6.20 Å². The second kappa shape index (κ2) is 12.0. The topological polar surface area (TPSA) is 77.6 Å². The lowest BCUT2D eigenvalue weighted by atomic mass is 10.0. The van der Waals surface area contributed by atoms with Crippen LogP contribution in [0.15, 0.2) is 41.5 Å². The lowest BCUT2D eigenvalue weighted by Crippen LogP contribution is -2.46. The lowest BCUT2D eigenvalue weighted by Gasteiger charge is -2.35. The van der Waals surface area contributed by atoms with Crippen LogP contribution in [0.4, 0.5) is 4.39 Å². The summed E-state index contributed by atoms with van der Waals surface area (Å²) in [5, 5.41) is 13.5. The van der Waals surface area contributed by atoms with Crippen LogP contribution >= 0.6 is 24.0 Å². The van der Waals surface area contributed by atoms with Gasteiger partial charge in [0.15, 0.2) is 5.96 Å². The number of morpholine rings is 1. The van der Waals surface area contributed by atoms with Gasteiger partial charge in [-0.2, -0.15) is 5.10 Å². The molecule has 0 bridgehead atoms. The van der Waals surface area contributed by atoms with E-state index < -0.39 is 0 Å². The maximum absolute atomic E-state index is 13.4. The zero-order valence-electron chi connectivity index (χ0n) is 16.0. The number of nitrogens with one attached hydrogen (secondary N) is 3. The van der Waals surface area contributed by atoms with Gasteiger partial charge in [0.1, 0.15) is 5.82 Å². The first-order chi connectivity index (χ1) is 13.3. The summed E-state index contributed by atoms with van der Waals surface area (Å²) >= 11 is 0. The molecule has 1 fully saturated rings. The molecular formula is C19H28FIN6O. The van der Waals surface area contributed by atoms with E-state index in [0.717, 1.165) is 36.9 Å². The zero-order valence-corrected chi connectivity index (χ0v) is 18.4. The van der Waals surface area contributed by atoms with E-state index in [-0.39, 0.29) is 35.8 Å². The predicted molar refractivity (Wildman–Crippen MR) is 118 cm³/mol. The van der Waals surface area contributed by atoms with Crippen molar-refractivity contribution in [1.29, 1.82) is 0 Å². The van der Waals surface area contributed by atoms with Gasteiger partial charge in [0.25, 0.3) is 0 Å². The summed E-state index contributed by atoms with van der Waals surface area (Å²) in [5.41, 5.74) is 2.03. The minimum Gasteiger partial charge on any atom is -0.379 e. The summed E-state index contributed by atoms with van der Waals surface area (Å²) < 4.78 is 18.8. The fourth-order valence-electron chi connectivity index (χ4n) is 3.10. The van der Waals surface area contributed by atoms with E-state index in [4.69, 9.17) is 4.74 Å². The van der Waals surface area contributed by atoms with Crippen molar-refractivity contribution in [2.75, 3.05) is 39.4 Å². The molecule has 1 saturated heterocycles. The summed E-state index contributed by atoms with van der Waals surface area (Å²) in [7, 11) is 0. The summed E-state index contributed by atoms with van der Waals surface area (Å²) in [6.45, 7) is 7.13. The molecule has 0 aliphatic carbocycles. The summed E-state index contributed by atoms with van der Waals surface area (Å²) in [6, 6.07) is 8.76. The van der Waals surface area contributed by atoms with E-state index in [1.165, 1.54) is 12.1 Å². The maximum Gasteiger partial charge on any atom is 0.191 e. The van der Waals surface area contributed by atoms with Crippen molar-refractivity contribution in [3.05, 3.63) is 53.6 Å². The number of aliphatic imine (C=N–C) groups is 1. The van der Waals surface area contributed by atoms with Crippen LogP contribution in [0.2, 0.25) is 0 Å². The molecule has 1 aliphatic heterocycles. The van der Waals surface area contributed by atoms with Gasteiger partial charge in [0.05, 0.1) is 31.5 Å². The fourth-order valence-corrected chi connectivity index (χ4v) is 3.10. The molecular weight excluding hydrogens is 474 g/mol. The molecule has 1 aromatic heterocycles. The Morgan fingerprint density at radius 1 is 1.25 bits per heavy atom. The summed E-state index contributed by atoms with van der Waals surface area (Å²) in [5.74, 6) is 0.523. The summed E-state index contributed by atoms with van der Waals surface area (Å²) in [4.78, 5) is 6.96. The van der Waals surface area contributed by atoms with Gasteiger partial charge in [0.2, 0.25) is 0 Å². The average Bonchev–Trinajstić information content (AvgIpc) is 3.22. The first-order valence-electron chi connectivity index (χ1n) is 9.34. The molecule has 154 valence electrons. The van der Waals surface area contributed by atoms with E-state index in [1.807, 2.05) is 25.1 Å². The lowest BCUT2D eigenvalue weighted by molar-refractivity contribution is 0.0170. The second-order valence-electron chi connectivity index (χ2n) is 6.37. The number of aromatic nitrogens is 2. The van der Waals surface area contributed by atoms with E-state index in [0.29, 0.717) is 26.3 Å². The Kier molecular flexibility index (Phi) is 9.65. The van der Waals surface area contributed by atoms with Gasteiger partial charge in [-0.3, -0.25) is 10.00 Å². The average molecular weight is 502 g/mol. The van der Waals surface area contributed by atoms with Crippen molar-refractivity contribution >= 4 is 29.9 Å².